The largest absolute Gasteiger partial charge is 0.392 e. The molecule has 0 saturated carbocycles. The van der Waals surface area contributed by atoms with Gasteiger partial charge in [0.1, 0.15) is 6.04 Å². The molecule has 8 heteroatoms. The van der Waals surface area contributed by atoms with Crippen LogP contribution in [0.2, 0.25) is 0 Å². The molecule has 0 bridgehead atoms. The number of rotatable bonds is 4. The van der Waals surface area contributed by atoms with Gasteiger partial charge in [-0.05, 0) is 36.5 Å². The minimum absolute atomic E-state index is 0.148. The lowest BCUT2D eigenvalue weighted by atomic mass is 10.0. The van der Waals surface area contributed by atoms with Crippen molar-refractivity contribution in [3.63, 3.8) is 0 Å². The molecule has 0 radical (unpaired) electrons. The molecule has 150 valence electrons. The lowest BCUT2D eigenvalue weighted by Crippen LogP contribution is -2.52. The van der Waals surface area contributed by atoms with Gasteiger partial charge in [0.25, 0.3) is 5.91 Å². The van der Waals surface area contributed by atoms with Crippen molar-refractivity contribution in [2.75, 3.05) is 13.1 Å². The van der Waals surface area contributed by atoms with E-state index in [1.54, 1.807) is 11.0 Å². The molecule has 4 N–H and O–H groups in total. The highest BCUT2D eigenvalue weighted by Gasteiger charge is 2.39. The number of aliphatic hydroxyl groups excluding tert-OH is 1. The summed E-state index contributed by atoms with van der Waals surface area (Å²) in [5.41, 5.74) is 2.63. The second-order valence-corrected chi connectivity index (χ2v) is 7.81. The molecule has 3 heterocycles. The molecule has 3 atom stereocenters. The predicted octanol–water partition coefficient (Wildman–Crippen LogP) is -0.350. The third kappa shape index (κ3) is 3.80. The van der Waals surface area contributed by atoms with Gasteiger partial charge in [0.05, 0.1) is 6.10 Å². The molecule has 1 aromatic rings. The van der Waals surface area contributed by atoms with Crippen molar-refractivity contribution in [3.05, 3.63) is 34.9 Å². The summed E-state index contributed by atoms with van der Waals surface area (Å²) in [6, 6.07) is 5.35. The highest BCUT2D eigenvalue weighted by Crippen LogP contribution is 2.29. The van der Waals surface area contributed by atoms with Gasteiger partial charge in [-0.2, -0.15) is 0 Å². The second-order valence-electron chi connectivity index (χ2n) is 7.81. The summed E-state index contributed by atoms with van der Waals surface area (Å²) >= 11 is 0. The molecule has 2 fully saturated rings. The van der Waals surface area contributed by atoms with E-state index in [0.717, 1.165) is 30.5 Å². The van der Waals surface area contributed by atoms with Crippen LogP contribution in [0, 0.1) is 0 Å². The summed E-state index contributed by atoms with van der Waals surface area (Å²) in [6.07, 6.45) is 1.98. The van der Waals surface area contributed by atoms with Gasteiger partial charge in [0.15, 0.2) is 0 Å². The number of nitrogens with zero attached hydrogens (tertiary/aromatic N) is 1. The average molecular weight is 386 g/mol. The van der Waals surface area contributed by atoms with E-state index in [2.05, 4.69) is 16.0 Å². The molecule has 1 aromatic carbocycles. The Labute approximate surface area is 163 Å². The molecule has 3 aliphatic rings. The van der Waals surface area contributed by atoms with Gasteiger partial charge >= 0.3 is 0 Å². The van der Waals surface area contributed by atoms with Crippen LogP contribution < -0.4 is 16.0 Å². The van der Waals surface area contributed by atoms with Crippen LogP contribution in [0.5, 0.6) is 0 Å². The second kappa shape index (κ2) is 7.98. The molecule has 0 spiro atoms. The Morgan fingerprint density at radius 3 is 2.82 bits per heavy atom. The van der Waals surface area contributed by atoms with E-state index >= 15 is 0 Å². The highest BCUT2D eigenvalue weighted by molar-refractivity contribution is 6.05. The number of carbonyl (C=O) groups is 3. The molecular formula is C20H26N4O4. The zero-order valence-electron chi connectivity index (χ0n) is 15.7. The van der Waals surface area contributed by atoms with Gasteiger partial charge in [-0.1, -0.05) is 12.1 Å². The van der Waals surface area contributed by atoms with Crippen molar-refractivity contribution < 1.29 is 19.5 Å². The number of carbonyl (C=O) groups excluding carboxylic acids is 3. The fourth-order valence-electron chi connectivity index (χ4n) is 4.27. The third-order valence-corrected chi connectivity index (χ3v) is 5.88. The van der Waals surface area contributed by atoms with E-state index in [0.29, 0.717) is 31.6 Å². The third-order valence-electron chi connectivity index (χ3n) is 5.88. The first kappa shape index (κ1) is 19.0. The van der Waals surface area contributed by atoms with Gasteiger partial charge in [0.2, 0.25) is 11.8 Å². The van der Waals surface area contributed by atoms with Crippen molar-refractivity contribution in [2.45, 2.75) is 57.0 Å². The number of aliphatic hydroxyl groups is 1. The first-order chi connectivity index (χ1) is 13.5. The molecule has 3 aliphatic heterocycles. The maximum Gasteiger partial charge on any atom is 0.255 e. The van der Waals surface area contributed by atoms with Crippen LogP contribution >= 0.6 is 0 Å². The predicted molar refractivity (Wildman–Crippen MR) is 101 cm³/mol. The van der Waals surface area contributed by atoms with Crippen molar-refractivity contribution in [3.8, 4) is 0 Å². The average Bonchev–Trinajstić information content (AvgIpc) is 2.86. The van der Waals surface area contributed by atoms with E-state index in [9.17, 15) is 19.5 Å². The molecule has 1 unspecified atom stereocenters. The summed E-state index contributed by atoms with van der Waals surface area (Å²) in [4.78, 5) is 38.1. The normalized spacial score (nSPS) is 28.1. The summed E-state index contributed by atoms with van der Waals surface area (Å²) in [6.45, 7) is 2.43. The zero-order chi connectivity index (χ0) is 19.7. The maximum atomic E-state index is 12.9. The standard InChI is InChI=1S/C20H26N4O4/c25-14-5-4-13(9-21-10-14)22-8-12-2-1-3-15-16(12)11-24(20(15)28)17-6-7-18(26)23-19(17)27/h1-3,13-14,17,21-22,25H,4-11H2,(H,23,26,27)/t13-,14+,17?/m0/s1. The highest BCUT2D eigenvalue weighted by atomic mass is 16.3. The first-order valence-electron chi connectivity index (χ1n) is 9.90. The summed E-state index contributed by atoms with van der Waals surface area (Å²) in [5.74, 6) is -0.816. The Morgan fingerprint density at radius 2 is 2.00 bits per heavy atom. The topological polar surface area (TPSA) is 111 Å². The molecule has 8 nitrogen and oxygen atoms in total. The van der Waals surface area contributed by atoms with Crippen LogP contribution in [-0.2, 0) is 22.7 Å². The fourth-order valence-corrected chi connectivity index (χ4v) is 4.27. The summed E-state index contributed by atoms with van der Waals surface area (Å²) in [5, 5.41) is 18.9. The molecule has 4 rings (SSSR count). The van der Waals surface area contributed by atoms with Gasteiger partial charge in [-0.25, -0.2) is 0 Å². The SMILES string of the molecule is O=C1CCC(N2Cc3c(CN[C@H]4CC[C@@H](O)CNC4)cccc3C2=O)C(=O)N1. The van der Waals surface area contributed by atoms with Crippen molar-refractivity contribution in [1.82, 2.24) is 20.9 Å². The van der Waals surface area contributed by atoms with Gasteiger partial charge in [-0.15, -0.1) is 0 Å². The van der Waals surface area contributed by atoms with E-state index in [1.165, 1.54) is 0 Å². The molecule has 2 saturated heterocycles. The number of amides is 3. The summed E-state index contributed by atoms with van der Waals surface area (Å²) < 4.78 is 0. The Balaban J connectivity index is 1.45. The van der Waals surface area contributed by atoms with Crippen LogP contribution in [0.25, 0.3) is 0 Å². The number of piperidine rings is 1. The number of benzene rings is 1. The van der Waals surface area contributed by atoms with Crippen molar-refractivity contribution in [2.24, 2.45) is 0 Å². The number of hydrogen-bond acceptors (Lipinski definition) is 6. The van der Waals surface area contributed by atoms with Gasteiger partial charge in [-0.3, -0.25) is 19.7 Å². The Hall–Kier alpha value is -2.29. The first-order valence-corrected chi connectivity index (χ1v) is 9.90. The van der Waals surface area contributed by atoms with Crippen molar-refractivity contribution >= 4 is 17.7 Å². The zero-order valence-corrected chi connectivity index (χ0v) is 15.7. The lowest BCUT2D eigenvalue weighted by molar-refractivity contribution is -0.136. The van der Waals surface area contributed by atoms with Crippen LogP contribution in [0.15, 0.2) is 18.2 Å². The Kier molecular flexibility index (Phi) is 5.43. The minimum atomic E-state index is -0.592. The van der Waals surface area contributed by atoms with Gasteiger partial charge < -0.3 is 20.6 Å². The van der Waals surface area contributed by atoms with Gasteiger partial charge in [0, 0.05) is 44.2 Å². The Bertz CT molecular complexity index is 796. The maximum absolute atomic E-state index is 12.9. The molecule has 0 aromatic heterocycles. The molecular weight excluding hydrogens is 360 g/mol. The van der Waals surface area contributed by atoms with Crippen molar-refractivity contribution in [1.29, 1.82) is 0 Å². The van der Waals surface area contributed by atoms with E-state index in [4.69, 9.17) is 0 Å². The molecule has 3 amide bonds. The quantitative estimate of drug-likeness (QED) is 0.527. The van der Waals surface area contributed by atoms with Crippen LogP contribution in [0.4, 0.5) is 0 Å². The van der Waals surface area contributed by atoms with E-state index in [-0.39, 0.29) is 36.3 Å². The number of nitrogens with one attached hydrogen (secondary N) is 3. The number of β-amino-alcohol motifs (C(OH)–C–C–N with tert-alkyl or cyclic N) is 1. The summed E-state index contributed by atoms with van der Waals surface area (Å²) in [7, 11) is 0. The fraction of sp³-hybridized carbons (Fsp3) is 0.550. The smallest absolute Gasteiger partial charge is 0.255 e. The van der Waals surface area contributed by atoms with Crippen LogP contribution in [0.1, 0.15) is 47.2 Å². The van der Waals surface area contributed by atoms with E-state index < -0.39 is 6.04 Å². The minimum Gasteiger partial charge on any atom is -0.392 e. The van der Waals surface area contributed by atoms with E-state index in [1.807, 2.05) is 12.1 Å². The number of fused-ring (bicyclic) bond motifs is 1. The Morgan fingerprint density at radius 1 is 1.14 bits per heavy atom. The number of imide groups is 1. The van der Waals surface area contributed by atoms with Crippen LogP contribution in [-0.4, -0.2) is 59.0 Å². The lowest BCUT2D eigenvalue weighted by Gasteiger charge is -2.29. The number of hydrogen-bond donors (Lipinski definition) is 4. The monoisotopic (exact) mass is 386 g/mol. The molecule has 28 heavy (non-hydrogen) atoms. The van der Waals surface area contributed by atoms with Crippen LogP contribution in [0.3, 0.4) is 0 Å². The molecule has 0 aliphatic carbocycles.